The van der Waals surface area contributed by atoms with Crippen LogP contribution in [0.5, 0.6) is 0 Å². The number of piperidine rings is 1. The molecule has 0 amide bonds. The Kier molecular flexibility index (Phi) is 7.95. The van der Waals surface area contributed by atoms with Crippen LogP contribution in [0.15, 0.2) is 30.5 Å². The SMILES string of the molecule is Cc1cc(C)c2nc(-c3ccnc(N(C)CCCCC4CCN(C)CC4)c3)[nH]c2c1.Cl. The van der Waals surface area contributed by atoms with Crippen molar-refractivity contribution in [3.63, 3.8) is 0 Å². The van der Waals surface area contributed by atoms with Gasteiger partial charge in [0.25, 0.3) is 0 Å². The van der Waals surface area contributed by atoms with Crippen molar-refractivity contribution >= 4 is 29.3 Å². The lowest BCUT2D eigenvalue weighted by atomic mass is 9.92. The van der Waals surface area contributed by atoms with Gasteiger partial charge in [-0.05, 0) is 88.5 Å². The van der Waals surface area contributed by atoms with E-state index in [1.807, 2.05) is 12.3 Å². The first kappa shape index (κ1) is 23.6. The van der Waals surface area contributed by atoms with Gasteiger partial charge in [-0.15, -0.1) is 12.4 Å². The summed E-state index contributed by atoms with van der Waals surface area (Å²) in [6.07, 6.45) is 8.52. The molecule has 4 rings (SSSR count). The number of aromatic amines is 1. The average molecular weight is 442 g/mol. The summed E-state index contributed by atoms with van der Waals surface area (Å²) in [5.41, 5.74) is 5.71. The molecule has 5 nitrogen and oxygen atoms in total. The van der Waals surface area contributed by atoms with Crippen molar-refractivity contribution in [2.24, 2.45) is 5.92 Å². The highest BCUT2D eigenvalue weighted by molar-refractivity contribution is 5.85. The number of imidazole rings is 1. The first-order valence-electron chi connectivity index (χ1n) is 11.3. The number of fused-ring (bicyclic) bond motifs is 1. The highest BCUT2D eigenvalue weighted by atomic mass is 35.5. The molecule has 0 atom stereocenters. The van der Waals surface area contributed by atoms with Crippen LogP contribution in [0.4, 0.5) is 5.82 Å². The molecule has 31 heavy (non-hydrogen) atoms. The molecule has 0 radical (unpaired) electrons. The predicted molar refractivity (Wildman–Crippen MR) is 133 cm³/mol. The topological polar surface area (TPSA) is 48.1 Å². The third-order valence-electron chi connectivity index (χ3n) is 6.53. The summed E-state index contributed by atoms with van der Waals surface area (Å²) < 4.78 is 0. The van der Waals surface area contributed by atoms with Crippen LogP contribution in [0.2, 0.25) is 0 Å². The molecule has 1 saturated heterocycles. The molecular formula is C25H36ClN5. The lowest BCUT2D eigenvalue weighted by Gasteiger charge is -2.29. The fraction of sp³-hybridized carbons (Fsp3) is 0.520. The Labute approximate surface area is 192 Å². The fourth-order valence-corrected chi connectivity index (χ4v) is 4.63. The zero-order valence-corrected chi connectivity index (χ0v) is 20.1. The molecule has 1 fully saturated rings. The van der Waals surface area contributed by atoms with E-state index in [0.29, 0.717) is 0 Å². The normalized spacial score (nSPS) is 15.2. The van der Waals surface area contributed by atoms with Gasteiger partial charge in [-0.2, -0.15) is 0 Å². The summed E-state index contributed by atoms with van der Waals surface area (Å²) in [6.45, 7) is 7.82. The van der Waals surface area contributed by atoms with Gasteiger partial charge >= 0.3 is 0 Å². The van der Waals surface area contributed by atoms with Gasteiger partial charge in [0, 0.05) is 25.4 Å². The molecule has 0 aliphatic carbocycles. The summed E-state index contributed by atoms with van der Waals surface area (Å²) in [5.74, 6) is 2.85. The molecular weight excluding hydrogens is 406 g/mol. The minimum Gasteiger partial charge on any atom is -0.360 e. The average Bonchev–Trinajstić information content (AvgIpc) is 3.17. The summed E-state index contributed by atoms with van der Waals surface area (Å²) in [6, 6.07) is 8.54. The number of likely N-dealkylation sites (tertiary alicyclic amines) is 1. The van der Waals surface area contributed by atoms with Crippen molar-refractivity contribution < 1.29 is 0 Å². The molecule has 1 N–H and O–H groups in total. The summed E-state index contributed by atoms with van der Waals surface area (Å²) in [5, 5.41) is 0. The highest BCUT2D eigenvalue weighted by Crippen LogP contribution is 2.26. The van der Waals surface area contributed by atoms with Crippen LogP contribution in [0.25, 0.3) is 22.4 Å². The van der Waals surface area contributed by atoms with Gasteiger partial charge in [0.1, 0.15) is 11.6 Å². The highest BCUT2D eigenvalue weighted by Gasteiger charge is 2.16. The number of hydrogen-bond donors (Lipinski definition) is 1. The molecule has 1 aliphatic rings. The number of aromatic nitrogens is 3. The molecule has 1 aliphatic heterocycles. The van der Waals surface area contributed by atoms with E-state index >= 15 is 0 Å². The molecule has 0 spiro atoms. The van der Waals surface area contributed by atoms with Gasteiger partial charge in [0.05, 0.1) is 11.0 Å². The number of aryl methyl sites for hydroxylation is 2. The molecule has 3 heterocycles. The van der Waals surface area contributed by atoms with Crippen molar-refractivity contribution in [1.29, 1.82) is 0 Å². The predicted octanol–water partition coefficient (Wildman–Crippen LogP) is 5.61. The van der Waals surface area contributed by atoms with Crippen LogP contribution < -0.4 is 4.90 Å². The minimum absolute atomic E-state index is 0. The number of rotatable bonds is 7. The lowest BCUT2D eigenvalue weighted by molar-refractivity contribution is 0.210. The number of benzene rings is 1. The van der Waals surface area contributed by atoms with Crippen molar-refractivity contribution in [3.05, 3.63) is 41.6 Å². The number of hydrogen-bond acceptors (Lipinski definition) is 4. The maximum atomic E-state index is 4.85. The Morgan fingerprint density at radius 2 is 1.90 bits per heavy atom. The molecule has 0 bridgehead atoms. The Balaban J connectivity index is 0.00000272. The molecule has 3 aromatic rings. The van der Waals surface area contributed by atoms with E-state index in [9.17, 15) is 0 Å². The number of halogens is 1. The van der Waals surface area contributed by atoms with Crippen LogP contribution in [0.3, 0.4) is 0 Å². The van der Waals surface area contributed by atoms with E-state index in [1.165, 1.54) is 56.3 Å². The quantitative estimate of drug-likeness (QED) is 0.484. The Hall–Kier alpha value is -2.11. The molecule has 0 saturated carbocycles. The van der Waals surface area contributed by atoms with Crippen LogP contribution >= 0.6 is 12.4 Å². The first-order chi connectivity index (χ1) is 14.5. The van der Waals surface area contributed by atoms with Crippen molar-refractivity contribution in [3.8, 4) is 11.4 Å². The third kappa shape index (κ3) is 5.78. The lowest BCUT2D eigenvalue weighted by Crippen LogP contribution is -2.30. The van der Waals surface area contributed by atoms with Crippen molar-refractivity contribution in [2.45, 2.75) is 46.0 Å². The number of H-pyrrole nitrogens is 1. The second-order valence-electron chi connectivity index (χ2n) is 9.13. The number of nitrogens with zero attached hydrogens (tertiary/aromatic N) is 4. The van der Waals surface area contributed by atoms with Crippen molar-refractivity contribution in [2.75, 3.05) is 38.6 Å². The van der Waals surface area contributed by atoms with Crippen molar-refractivity contribution in [1.82, 2.24) is 19.9 Å². The largest absolute Gasteiger partial charge is 0.360 e. The van der Waals surface area contributed by atoms with Gasteiger partial charge in [-0.1, -0.05) is 18.9 Å². The van der Waals surface area contributed by atoms with Crippen LogP contribution in [0, 0.1) is 19.8 Å². The van der Waals surface area contributed by atoms with E-state index in [4.69, 9.17) is 4.98 Å². The van der Waals surface area contributed by atoms with Gasteiger partial charge in [-0.25, -0.2) is 9.97 Å². The van der Waals surface area contributed by atoms with E-state index in [1.54, 1.807) is 0 Å². The van der Waals surface area contributed by atoms with Gasteiger partial charge in [0.15, 0.2) is 0 Å². The third-order valence-corrected chi connectivity index (χ3v) is 6.53. The van der Waals surface area contributed by atoms with Crippen LogP contribution in [0.1, 0.15) is 43.2 Å². The van der Waals surface area contributed by atoms with Gasteiger partial charge in [-0.3, -0.25) is 0 Å². The molecule has 1 aromatic carbocycles. The number of unbranched alkanes of at least 4 members (excludes halogenated alkanes) is 1. The first-order valence-corrected chi connectivity index (χ1v) is 11.3. The fourth-order valence-electron chi connectivity index (χ4n) is 4.63. The second-order valence-corrected chi connectivity index (χ2v) is 9.13. The van der Waals surface area contributed by atoms with Crippen LogP contribution in [-0.2, 0) is 0 Å². The maximum Gasteiger partial charge on any atom is 0.138 e. The smallest absolute Gasteiger partial charge is 0.138 e. The minimum atomic E-state index is 0. The van der Waals surface area contributed by atoms with E-state index in [0.717, 1.165) is 40.7 Å². The summed E-state index contributed by atoms with van der Waals surface area (Å²) >= 11 is 0. The van der Waals surface area contributed by atoms with E-state index in [2.05, 4.69) is 65.9 Å². The van der Waals surface area contributed by atoms with E-state index in [-0.39, 0.29) is 12.4 Å². The Morgan fingerprint density at radius 1 is 1.13 bits per heavy atom. The van der Waals surface area contributed by atoms with E-state index < -0.39 is 0 Å². The van der Waals surface area contributed by atoms with Gasteiger partial charge in [0.2, 0.25) is 0 Å². The molecule has 6 heteroatoms. The standard InChI is InChI=1S/C25H35N5.ClH/c1-18-15-19(2)24-22(16-18)27-25(28-24)21-8-11-26-23(17-21)30(4)12-6-5-7-20-9-13-29(3)14-10-20;/h8,11,15-17,20H,5-7,9-10,12-14H2,1-4H3,(H,27,28);1H. The van der Waals surface area contributed by atoms with Crippen LogP contribution in [-0.4, -0.2) is 53.6 Å². The number of anilines is 1. The molecule has 168 valence electrons. The summed E-state index contributed by atoms with van der Waals surface area (Å²) in [7, 11) is 4.38. The molecule has 2 aromatic heterocycles. The zero-order valence-electron chi connectivity index (χ0n) is 19.3. The second kappa shape index (κ2) is 10.5. The number of pyridine rings is 1. The molecule has 0 unspecified atom stereocenters. The Morgan fingerprint density at radius 3 is 2.68 bits per heavy atom. The zero-order chi connectivity index (χ0) is 21.1. The van der Waals surface area contributed by atoms with Gasteiger partial charge < -0.3 is 14.8 Å². The monoisotopic (exact) mass is 441 g/mol. The maximum absolute atomic E-state index is 4.85. The summed E-state index contributed by atoms with van der Waals surface area (Å²) in [4.78, 5) is 17.7. The Bertz CT molecular complexity index is 991. The number of nitrogens with one attached hydrogen (secondary N) is 1.